The first-order valence-corrected chi connectivity index (χ1v) is 20.8. The van der Waals surface area contributed by atoms with Gasteiger partial charge in [-0.3, -0.25) is 0 Å². The highest BCUT2D eigenvalue weighted by atomic mass is 16.3. The fourth-order valence-corrected chi connectivity index (χ4v) is 8.79. The van der Waals surface area contributed by atoms with Crippen LogP contribution in [0.3, 0.4) is 0 Å². The Kier molecular flexibility index (Phi) is 8.42. The maximum absolute atomic E-state index is 6.98. The van der Waals surface area contributed by atoms with Gasteiger partial charge in [-0.25, -0.2) is 15.0 Å². The van der Waals surface area contributed by atoms with Crippen molar-refractivity contribution in [1.29, 1.82) is 0 Å². The minimum atomic E-state index is 0.580. The quantitative estimate of drug-likeness (QED) is 0.161. The zero-order valence-electron chi connectivity index (χ0n) is 33.5. The van der Waals surface area contributed by atoms with E-state index >= 15 is 0 Å². The Morgan fingerprint density at radius 1 is 0.306 bits per heavy atom. The Labute approximate surface area is 357 Å². The fraction of sp³-hybridized carbons (Fsp3) is 0. The zero-order chi connectivity index (χ0) is 41.0. The number of hydrogen-bond acceptors (Lipinski definition) is 4. The summed E-state index contributed by atoms with van der Waals surface area (Å²) in [7, 11) is 0. The molecule has 62 heavy (non-hydrogen) atoms. The topological polar surface area (TPSA) is 56.7 Å². The van der Waals surface area contributed by atoms with Crippen molar-refractivity contribution in [3.63, 3.8) is 0 Å². The van der Waals surface area contributed by atoms with Gasteiger partial charge in [0.05, 0.1) is 11.0 Å². The van der Waals surface area contributed by atoms with Crippen molar-refractivity contribution in [2.45, 2.75) is 0 Å². The molecular weight excluding hydrogens is 757 g/mol. The molecule has 5 nitrogen and oxygen atoms in total. The molecule has 0 bridgehead atoms. The number of aromatic nitrogens is 4. The van der Waals surface area contributed by atoms with E-state index in [1.165, 1.54) is 16.5 Å². The monoisotopic (exact) mass is 792 g/mol. The molecule has 0 saturated heterocycles. The summed E-state index contributed by atoms with van der Waals surface area (Å²) in [5.41, 5.74) is 14.5. The van der Waals surface area contributed by atoms with E-state index in [9.17, 15) is 0 Å². The lowest BCUT2D eigenvalue weighted by atomic mass is 10.00. The molecule has 0 amide bonds. The summed E-state index contributed by atoms with van der Waals surface area (Å²) in [4.78, 5) is 15.1. The summed E-state index contributed by atoms with van der Waals surface area (Å²) in [5.74, 6) is 1.80. The molecule has 0 radical (unpaired) electrons. The lowest BCUT2D eigenvalue weighted by Gasteiger charge is -2.11. The van der Waals surface area contributed by atoms with Crippen molar-refractivity contribution < 1.29 is 4.42 Å². The number of para-hydroxylation sites is 1. The maximum atomic E-state index is 6.98. The van der Waals surface area contributed by atoms with E-state index in [4.69, 9.17) is 19.4 Å². The van der Waals surface area contributed by atoms with Crippen LogP contribution in [0.2, 0.25) is 0 Å². The average Bonchev–Trinajstić information content (AvgIpc) is 3.90. The molecule has 12 rings (SSSR count). The Hall–Kier alpha value is -8.41. The molecule has 0 unspecified atom stereocenters. The Morgan fingerprint density at radius 3 is 1.40 bits per heavy atom. The minimum absolute atomic E-state index is 0.580. The van der Waals surface area contributed by atoms with Gasteiger partial charge in [0.1, 0.15) is 5.58 Å². The highest BCUT2D eigenvalue weighted by Crippen LogP contribution is 2.42. The number of rotatable bonds is 7. The van der Waals surface area contributed by atoms with Gasteiger partial charge in [-0.15, -0.1) is 0 Å². The third-order valence-electron chi connectivity index (χ3n) is 11.9. The van der Waals surface area contributed by atoms with Crippen LogP contribution in [-0.2, 0) is 0 Å². The first kappa shape index (κ1) is 35.5. The summed E-state index contributed by atoms with van der Waals surface area (Å²) in [6.45, 7) is 0. The van der Waals surface area contributed by atoms with Gasteiger partial charge >= 0.3 is 0 Å². The van der Waals surface area contributed by atoms with Gasteiger partial charge in [0.25, 0.3) is 0 Å². The van der Waals surface area contributed by atoms with Crippen LogP contribution in [0, 0.1) is 0 Å². The van der Waals surface area contributed by atoms with Crippen molar-refractivity contribution in [2.75, 3.05) is 0 Å². The zero-order valence-corrected chi connectivity index (χ0v) is 33.5. The molecule has 3 heterocycles. The molecule has 290 valence electrons. The fourth-order valence-electron chi connectivity index (χ4n) is 8.79. The average molecular weight is 793 g/mol. The van der Waals surface area contributed by atoms with Gasteiger partial charge in [-0.05, 0) is 69.8 Å². The van der Waals surface area contributed by atoms with E-state index in [0.717, 1.165) is 83.0 Å². The van der Waals surface area contributed by atoms with Gasteiger partial charge in [0.15, 0.2) is 23.1 Å². The highest BCUT2D eigenvalue weighted by molar-refractivity contribution is 6.21. The molecule has 0 N–H and O–H groups in total. The van der Waals surface area contributed by atoms with E-state index < -0.39 is 0 Å². The first-order chi connectivity index (χ1) is 30.7. The molecule has 0 saturated carbocycles. The van der Waals surface area contributed by atoms with Crippen molar-refractivity contribution in [2.24, 2.45) is 0 Å². The van der Waals surface area contributed by atoms with Crippen molar-refractivity contribution in [3.8, 4) is 73.2 Å². The number of furan rings is 1. The molecule has 0 aliphatic heterocycles. The summed E-state index contributed by atoms with van der Waals surface area (Å²) in [5, 5.41) is 4.39. The van der Waals surface area contributed by atoms with Crippen LogP contribution in [0.5, 0.6) is 0 Å². The van der Waals surface area contributed by atoms with Crippen LogP contribution in [0.4, 0.5) is 0 Å². The summed E-state index contributed by atoms with van der Waals surface area (Å²) in [6.07, 6.45) is 0. The molecule has 9 aromatic carbocycles. The lowest BCUT2D eigenvalue weighted by molar-refractivity contribution is 0.671. The van der Waals surface area contributed by atoms with Gasteiger partial charge in [-0.2, -0.15) is 0 Å². The van der Waals surface area contributed by atoms with E-state index in [0.29, 0.717) is 17.5 Å². The summed E-state index contributed by atoms with van der Waals surface area (Å²) in [6, 6.07) is 76.3. The predicted octanol–water partition coefficient (Wildman–Crippen LogP) is 14.9. The maximum Gasteiger partial charge on any atom is 0.164 e. The second kappa shape index (κ2) is 14.7. The Bertz CT molecular complexity index is 3590. The third-order valence-corrected chi connectivity index (χ3v) is 11.9. The van der Waals surface area contributed by atoms with Crippen LogP contribution in [0.25, 0.3) is 117 Å². The number of nitrogens with zero attached hydrogens (tertiary/aromatic N) is 4. The standard InChI is InChI=1S/C57H36N4O/c1-4-13-37(14-5-1)39-23-25-41(26-24-39)44-19-12-20-46(35-44)61-51-22-11-10-21-47(51)49-33-34-50-48-32-31-45(36-52(48)62-54(50)53(49)61)57-59-55(42-17-8-3-9-18-42)58-56(60-57)43-29-27-40(28-30-43)38-15-6-2-7-16-38/h1-36H. The lowest BCUT2D eigenvalue weighted by Crippen LogP contribution is -2.00. The molecule has 0 fully saturated rings. The van der Waals surface area contributed by atoms with Gasteiger partial charge < -0.3 is 8.98 Å². The van der Waals surface area contributed by atoms with Crippen molar-refractivity contribution >= 4 is 43.7 Å². The molecule has 0 spiro atoms. The van der Waals surface area contributed by atoms with Gasteiger partial charge in [0, 0.05) is 43.9 Å². The highest BCUT2D eigenvalue weighted by Gasteiger charge is 2.21. The van der Waals surface area contributed by atoms with Crippen LogP contribution in [-0.4, -0.2) is 19.5 Å². The Balaban J connectivity index is 0.984. The number of benzene rings is 9. The van der Waals surface area contributed by atoms with Crippen LogP contribution in [0.1, 0.15) is 0 Å². The molecule has 0 aliphatic carbocycles. The minimum Gasteiger partial charge on any atom is -0.454 e. The normalized spacial score (nSPS) is 11.5. The number of hydrogen-bond donors (Lipinski definition) is 0. The molecule has 0 aliphatic rings. The first-order valence-electron chi connectivity index (χ1n) is 20.8. The van der Waals surface area contributed by atoms with Crippen LogP contribution < -0.4 is 0 Å². The van der Waals surface area contributed by atoms with Crippen molar-refractivity contribution in [3.05, 3.63) is 218 Å². The van der Waals surface area contributed by atoms with E-state index in [2.05, 4.69) is 187 Å². The predicted molar refractivity (Wildman–Crippen MR) is 254 cm³/mol. The smallest absolute Gasteiger partial charge is 0.164 e. The second-order valence-corrected chi connectivity index (χ2v) is 15.6. The largest absolute Gasteiger partial charge is 0.454 e. The Morgan fingerprint density at radius 2 is 0.758 bits per heavy atom. The van der Waals surface area contributed by atoms with Gasteiger partial charge in [0.2, 0.25) is 0 Å². The SMILES string of the molecule is c1ccc(-c2ccc(-c3cccc(-n4c5ccccc5c5ccc6c7ccc(-c8nc(-c9ccccc9)nc(-c9ccc(-c%10ccccc%10)cc9)n8)cc7oc6c54)c3)cc2)cc1. The number of fused-ring (bicyclic) bond motifs is 7. The van der Waals surface area contributed by atoms with Gasteiger partial charge in [-0.1, -0.05) is 182 Å². The summed E-state index contributed by atoms with van der Waals surface area (Å²) < 4.78 is 9.34. The molecule has 0 atom stereocenters. The molecule has 3 aromatic heterocycles. The van der Waals surface area contributed by atoms with E-state index in [1.54, 1.807) is 0 Å². The van der Waals surface area contributed by atoms with Crippen LogP contribution >= 0.6 is 0 Å². The third kappa shape index (κ3) is 6.14. The molecule has 5 heteroatoms. The van der Waals surface area contributed by atoms with Crippen LogP contribution in [0.15, 0.2) is 223 Å². The van der Waals surface area contributed by atoms with E-state index in [1.807, 2.05) is 36.4 Å². The summed E-state index contributed by atoms with van der Waals surface area (Å²) >= 11 is 0. The van der Waals surface area contributed by atoms with Crippen molar-refractivity contribution in [1.82, 2.24) is 19.5 Å². The van der Waals surface area contributed by atoms with E-state index in [-0.39, 0.29) is 0 Å². The molecular formula is C57H36N4O. The second-order valence-electron chi connectivity index (χ2n) is 15.6. The molecule has 12 aromatic rings.